The van der Waals surface area contributed by atoms with Gasteiger partial charge in [0.15, 0.2) is 0 Å². The molecule has 0 unspecified atom stereocenters. The summed E-state index contributed by atoms with van der Waals surface area (Å²) in [5.74, 6) is 1.40. The van der Waals surface area contributed by atoms with Crippen LogP contribution in [0.25, 0.3) is 0 Å². The van der Waals surface area contributed by atoms with Crippen molar-refractivity contribution in [3.05, 3.63) is 45.3 Å². The van der Waals surface area contributed by atoms with Crippen LogP contribution in [-0.2, 0) is 6.54 Å². The predicted octanol–water partition coefficient (Wildman–Crippen LogP) is 1.76. The zero-order valence-corrected chi connectivity index (χ0v) is 10.2. The standard InChI is InChI=1S/C10H10BrN3O2/c1-14(5-7-3-2-4-16-7)9-8(11)10(15)13-6-12-9/h2-4,6H,5H2,1H3,(H,12,13,15). The molecule has 0 aliphatic heterocycles. The van der Waals surface area contributed by atoms with E-state index in [4.69, 9.17) is 4.42 Å². The van der Waals surface area contributed by atoms with Crippen molar-refractivity contribution < 1.29 is 4.42 Å². The molecule has 0 radical (unpaired) electrons. The van der Waals surface area contributed by atoms with Crippen LogP contribution in [0.2, 0.25) is 0 Å². The minimum atomic E-state index is -0.198. The molecule has 1 N–H and O–H groups in total. The molecule has 0 aliphatic carbocycles. The lowest BCUT2D eigenvalue weighted by atomic mass is 10.4. The van der Waals surface area contributed by atoms with Gasteiger partial charge in [-0.2, -0.15) is 0 Å². The molecule has 16 heavy (non-hydrogen) atoms. The zero-order chi connectivity index (χ0) is 11.5. The van der Waals surface area contributed by atoms with Crippen molar-refractivity contribution in [1.82, 2.24) is 9.97 Å². The number of H-pyrrole nitrogens is 1. The fourth-order valence-electron chi connectivity index (χ4n) is 1.35. The highest BCUT2D eigenvalue weighted by Gasteiger charge is 2.11. The average molecular weight is 284 g/mol. The Morgan fingerprint density at radius 1 is 1.62 bits per heavy atom. The predicted molar refractivity (Wildman–Crippen MR) is 63.4 cm³/mol. The number of nitrogens with one attached hydrogen (secondary N) is 1. The van der Waals surface area contributed by atoms with Gasteiger partial charge in [0.05, 0.1) is 19.1 Å². The molecule has 0 saturated carbocycles. The normalized spacial score (nSPS) is 10.4. The summed E-state index contributed by atoms with van der Waals surface area (Å²) in [6.45, 7) is 0.558. The Morgan fingerprint density at radius 3 is 3.12 bits per heavy atom. The fraction of sp³-hybridized carbons (Fsp3) is 0.200. The first-order valence-corrected chi connectivity index (χ1v) is 5.44. The van der Waals surface area contributed by atoms with Gasteiger partial charge in [-0.15, -0.1) is 0 Å². The summed E-state index contributed by atoms with van der Waals surface area (Å²) >= 11 is 3.21. The summed E-state index contributed by atoms with van der Waals surface area (Å²) in [6, 6.07) is 3.70. The van der Waals surface area contributed by atoms with Gasteiger partial charge in [-0.3, -0.25) is 4.79 Å². The van der Waals surface area contributed by atoms with Gasteiger partial charge in [0.1, 0.15) is 16.1 Å². The summed E-state index contributed by atoms with van der Waals surface area (Å²) < 4.78 is 5.65. The Kier molecular flexibility index (Phi) is 3.09. The molecule has 2 aromatic heterocycles. The SMILES string of the molecule is CN(Cc1ccco1)c1nc[nH]c(=O)c1Br. The molecule has 6 heteroatoms. The summed E-state index contributed by atoms with van der Waals surface area (Å²) in [7, 11) is 1.84. The number of anilines is 1. The number of rotatable bonds is 3. The maximum Gasteiger partial charge on any atom is 0.267 e. The second-order valence-corrected chi connectivity index (χ2v) is 4.10. The Hall–Kier alpha value is -1.56. The average Bonchev–Trinajstić information content (AvgIpc) is 2.74. The first kappa shape index (κ1) is 10.9. The van der Waals surface area contributed by atoms with Crippen molar-refractivity contribution in [2.45, 2.75) is 6.54 Å². The van der Waals surface area contributed by atoms with Crippen molar-refractivity contribution in [3.8, 4) is 0 Å². The highest BCUT2D eigenvalue weighted by molar-refractivity contribution is 9.10. The third-order valence-corrected chi connectivity index (χ3v) is 2.83. The quantitative estimate of drug-likeness (QED) is 0.933. The topological polar surface area (TPSA) is 62.1 Å². The lowest BCUT2D eigenvalue weighted by molar-refractivity contribution is 0.506. The van der Waals surface area contributed by atoms with Crippen LogP contribution < -0.4 is 10.5 Å². The highest BCUT2D eigenvalue weighted by Crippen LogP contribution is 2.19. The molecule has 0 atom stereocenters. The van der Waals surface area contributed by atoms with Crippen LogP contribution in [0.15, 0.2) is 38.4 Å². The van der Waals surface area contributed by atoms with Crippen LogP contribution in [0.3, 0.4) is 0 Å². The van der Waals surface area contributed by atoms with E-state index in [-0.39, 0.29) is 5.56 Å². The maximum atomic E-state index is 11.4. The number of aromatic amines is 1. The van der Waals surface area contributed by atoms with E-state index in [1.807, 2.05) is 24.1 Å². The largest absolute Gasteiger partial charge is 0.467 e. The third kappa shape index (κ3) is 2.16. The van der Waals surface area contributed by atoms with Gasteiger partial charge in [0.25, 0.3) is 5.56 Å². The zero-order valence-electron chi connectivity index (χ0n) is 8.61. The van der Waals surface area contributed by atoms with Gasteiger partial charge in [0, 0.05) is 7.05 Å². The van der Waals surface area contributed by atoms with E-state index >= 15 is 0 Å². The van der Waals surface area contributed by atoms with E-state index in [0.717, 1.165) is 5.76 Å². The highest BCUT2D eigenvalue weighted by atomic mass is 79.9. The van der Waals surface area contributed by atoms with Crippen LogP contribution >= 0.6 is 15.9 Å². The molecule has 0 amide bonds. The van der Waals surface area contributed by atoms with E-state index in [0.29, 0.717) is 16.8 Å². The molecule has 2 rings (SSSR count). The molecule has 5 nitrogen and oxygen atoms in total. The molecule has 2 aromatic rings. The molecule has 84 valence electrons. The van der Waals surface area contributed by atoms with Gasteiger partial charge in [-0.25, -0.2) is 4.98 Å². The van der Waals surface area contributed by atoms with Crippen molar-refractivity contribution in [2.75, 3.05) is 11.9 Å². The number of halogens is 1. The molecule has 0 aromatic carbocycles. The molecular weight excluding hydrogens is 274 g/mol. The lowest BCUT2D eigenvalue weighted by Gasteiger charge is -2.17. The molecule has 2 heterocycles. The first-order chi connectivity index (χ1) is 7.68. The number of furan rings is 1. The van der Waals surface area contributed by atoms with Gasteiger partial charge in [-0.1, -0.05) is 0 Å². The Labute approximate surface area is 100 Å². The summed E-state index contributed by atoms with van der Waals surface area (Å²) in [6.07, 6.45) is 2.99. The van der Waals surface area contributed by atoms with Crippen LogP contribution in [-0.4, -0.2) is 17.0 Å². The lowest BCUT2D eigenvalue weighted by Crippen LogP contribution is -2.21. The van der Waals surface area contributed by atoms with Crippen molar-refractivity contribution in [3.63, 3.8) is 0 Å². The molecule has 0 aliphatic rings. The Morgan fingerprint density at radius 2 is 2.44 bits per heavy atom. The van der Waals surface area contributed by atoms with Crippen LogP contribution in [0.5, 0.6) is 0 Å². The fourth-order valence-corrected chi connectivity index (χ4v) is 1.87. The molecule has 0 saturated heterocycles. The Balaban J connectivity index is 2.24. The van der Waals surface area contributed by atoms with Gasteiger partial charge >= 0.3 is 0 Å². The van der Waals surface area contributed by atoms with Gasteiger partial charge in [0.2, 0.25) is 0 Å². The van der Waals surface area contributed by atoms with Crippen LogP contribution in [0.4, 0.5) is 5.82 Å². The number of nitrogens with zero attached hydrogens (tertiary/aromatic N) is 2. The van der Waals surface area contributed by atoms with Crippen molar-refractivity contribution in [2.24, 2.45) is 0 Å². The summed E-state index contributed by atoms with van der Waals surface area (Å²) in [5, 5.41) is 0. The number of hydrogen-bond donors (Lipinski definition) is 1. The summed E-state index contributed by atoms with van der Waals surface area (Å²) in [5.41, 5.74) is -0.198. The smallest absolute Gasteiger partial charge is 0.267 e. The van der Waals surface area contributed by atoms with Gasteiger partial charge < -0.3 is 14.3 Å². The van der Waals surface area contributed by atoms with Crippen molar-refractivity contribution >= 4 is 21.7 Å². The van der Waals surface area contributed by atoms with Crippen LogP contribution in [0, 0.1) is 0 Å². The van der Waals surface area contributed by atoms with Crippen molar-refractivity contribution in [1.29, 1.82) is 0 Å². The second kappa shape index (κ2) is 4.52. The molecule has 0 spiro atoms. The van der Waals surface area contributed by atoms with E-state index in [1.54, 1.807) is 6.26 Å². The first-order valence-electron chi connectivity index (χ1n) is 4.65. The van der Waals surface area contributed by atoms with E-state index in [2.05, 4.69) is 25.9 Å². The minimum Gasteiger partial charge on any atom is -0.467 e. The van der Waals surface area contributed by atoms with Crippen LogP contribution in [0.1, 0.15) is 5.76 Å². The third-order valence-electron chi connectivity index (χ3n) is 2.11. The maximum absolute atomic E-state index is 11.4. The number of aromatic nitrogens is 2. The second-order valence-electron chi connectivity index (χ2n) is 3.30. The van der Waals surface area contributed by atoms with Gasteiger partial charge in [-0.05, 0) is 28.1 Å². The Bertz CT molecular complexity index is 521. The molecular formula is C10H10BrN3O2. The summed E-state index contributed by atoms with van der Waals surface area (Å²) in [4.78, 5) is 19.8. The van der Waals surface area contributed by atoms with E-state index in [9.17, 15) is 4.79 Å². The number of hydrogen-bond acceptors (Lipinski definition) is 4. The molecule has 0 fully saturated rings. The van der Waals surface area contributed by atoms with E-state index < -0.39 is 0 Å². The van der Waals surface area contributed by atoms with E-state index in [1.165, 1.54) is 6.33 Å². The molecule has 0 bridgehead atoms. The minimum absolute atomic E-state index is 0.198. The monoisotopic (exact) mass is 283 g/mol.